The van der Waals surface area contributed by atoms with Gasteiger partial charge in [-0.3, -0.25) is 19.7 Å². The highest BCUT2D eigenvalue weighted by molar-refractivity contribution is 7.17. The second-order valence-electron chi connectivity index (χ2n) is 6.38. The zero-order valence-corrected chi connectivity index (χ0v) is 14.5. The molecule has 2 heterocycles. The third kappa shape index (κ3) is 2.95. The van der Waals surface area contributed by atoms with Crippen LogP contribution in [-0.4, -0.2) is 39.7 Å². The Morgan fingerprint density at radius 3 is 2.56 bits per heavy atom. The number of benzene rings is 1. The minimum Gasteiger partial charge on any atom is -0.322 e. The lowest BCUT2D eigenvalue weighted by Crippen LogP contribution is -2.45. The van der Waals surface area contributed by atoms with E-state index in [9.17, 15) is 14.4 Å². The number of amides is 3. The van der Waals surface area contributed by atoms with E-state index in [0.717, 1.165) is 23.4 Å². The summed E-state index contributed by atoms with van der Waals surface area (Å²) in [7, 11) is 0. The molecule has 1 saturated carbocycles. The molecule has 1 N–H and O–H groups in total. The van der Waals surface area contributed by atoms with Gasteiger partial charge in [-0.05, 0) is 19.8 Å². The summed E-state index contributed by atoms with van der Waals surface area (Å²) in [4.78, 5) is 43.4. The van der Waals surface area contributed by atoms with E-state index in [1.807, 2.05) is 30.3 Å². The smallest absolute Gasteiger partial charge is 0.266 e. The van der Waals surface area contributed by atoms with E-state index in [1.165, 1.54) is 11.3 Å². The van der Waals surface area contributed by atoms with Gasteiger partial charge in [-0.15, -0.1) is 11.3 Å². The molecule has 6 nitrogen and oxygen atoms in total. The monoisotopic (exact) mass is 355 g/mol. The van der Waals surface area contributed by atoms with E-state index in [0.29, 0.717) is 10.6 Å². The zero-order valence-electron chi connectivity index (χ0n) is 13.7. The second kappa shape index (κ2) is 6.07. The number of imide groups is 1. The molecule has 1 unspecified atom stereocenters. The summed E-state index contributed by atoms with van der Waals surface area (Å²) in [5.41, 5.74) is 1.62. The molecule has 1 aromatic carbocycles. The van der Waals surface area contributed by atoms with Gasteiger partial charge in [-0.25, -0.2) is 4.98 Å². The molecule has 1 aliphatic heterocycles. The summed E-state index contributed by atoms with van der Waals surface area (Å²) < 4.78 is 0. The molecule has 0 spiro atoms. The van der Waals surface area contributed by atoms with Crippen molar-refractivity contribution >= 4 is 29.1 Å². The number of hydrogen-bond acceptors (Lipinski definition) is 5. The van der Waals surface area contributed by atoms with Gasteiger partial charge in [-0.2, -0.15) is 0 Å². The van der Waals surface area contributed by atoms with Crippen LogP contribution in [0.1, 0.15) is 34.6 Å². The Balaban J connectivity index is 1.66. The highest BCUT2D eigenvalue weighted by Gasteiger charge is 2.45. The number of nitrogens with zero attached hydrogens (tertiary/aromatic N) is 2. The van der Waals surface area contributed by atoms with Gasteiger partial charge in [0.2, 0.25) is 11.8 Å². The van der Waals surface area contributed by atoms with E-state index in [1.54, 1.807) is 11.8 Å². The number of hydrogen-bond donors (Lipinski definition) is 1. The Labute approximate surface area is 148 Å². The van der Waals surface area contributed by atoms with Crippen LogP contribution < -0.4 is 5.32 Å². The van der Waals surface area contributed by atoms with Gasteiger partial charge >= 0.3 is 0 Å². The van der Waals surface area contributed by atoms with Crippen LogP contribution in [0.3, 0.4) is 0 Å². The molecule has 3 amide bonds. The first-order chi connectivity index (χ1) is 12.0. The Kier molecular flexibility index (Phi) is 3.88. The molecule has 128 valence electrons. The molecule has 1 aliphatic carbocycles. The topological polar surface area (TPSA) is 79.4 Å². The highest BCUT2D eigenvalue weighted by atomic mass is 32.1. The quantitative estimate of drug-likeness (QED) is 0.852. The molecule has 0 radical (unpaired) electrons. The molecule has 0 bridgehead atoms. The number of nitrogens with one attached hydrogen (secondary N) is 1. The molecule has 7 heteroatoms. The molecule has 2 aromatic rings. The summed E-state index contributed by atoms with van der Waals surface area (Å²) in [6.07, 6.45) is 1.78. The summed E-state index contributed by atoms with van der Waals surface area (Å²) >= 11 is 1.34. The molecule has 25 heavy (non-hydrogen) atoms. The minimum absolute atomic E-state index is 0.0378. The normalized spacial score (nSPS) is 19.8. The van der Waals surface area contributed by atoms with Crippen molar-refractivity contribution in [2.24, 2.45) is 0 Å². The first-order valence-corrected chi connectivity index (χ1v) is 9.05. The summed E-state index contributed by atoms with van der Waals surface area (Å²) in [5, 5.41) is 3.08. The van der Waals surface area contributed by atoms with Crippen LogP contribution in [0.4, 0.5) is 0 Å². The molecule has 1 saturated heterocycles. The highest BCUT2D eigenvalue weighted by Crippen LogP contribution is 2.35. The predicted octanol–water partition coefficient (Wildman–Crippen LogP) is 2.14. The van der Waals surface area contributed by atoms with Gasteiger partial charge in [0.25, 0.3) is 5.91 Å². The Bertz CT molecular complexity index is 858. The van der Waals surface area contributed by atoms with Crippen LogP contribution in [0, 0.1) is 6.92 Å². The number of carbonyl (C=O) groups is 3. The number of aromatic nitrogens is 1. The fourth-order valence-electron chi connectivity index (χ4n) is 3.10. The molecule has 1 atom stereocenters. The third-order valence-electron chi connectivity index (χ3n) is 4.47. The summed E-state index contributed by atoms with van der Waals surface area (Å²) in [6.45, 7) is 1.81. The molecule has 4 rings (SSSR count). The van der Waals surface area contributed by atoms with Crippen molar-refractivity contribution in [3.05, 3.63) is 40.9 Å². The molecule has 2 fully saturated rings. The predicted molar refractivity (Wildman–Crippen MR) is 93.0 cm³/mol. The van der Waals surface area contributed by atoms with Crippen LogP contribution in [0.2, 0.25) is 0 Å². The number of rotatable bonds is 4. The average Bonchev–Trinajstić information content (AvgIpc) is 3.27. The standard InChI is InChI=1S/C18H17N3O3S/c1-10-15(25-17(19-10)11-5-3-2-4-6-11)18(24)21(12-7-8-12)13-9-14(22)20-16(13)23/h2-6,12-13H,7-9H2,1H3,(H,20,22,23). The SMILES string of the molecule is Cc1nc(-c2ccccc2)sc1C(=O)N(C1CC1)C1CC(=O)NC1=O. The van der Waals surface area contributed by atoms with E-state index in [4.69, 9.17) is 0 Å². The van der Waals surface area contributed by atoms with Gasteiger partial charge in [0.15, 0.2) is 0 Å². The van der Waals surface area contributed by atoms with E-state index >= 15 is 0 Å². The third-order valence-corrected chi connectivity index (χ3v) is 5.66. The van der Waals surface area contributed by atoms with Gasteiger partial charge in [0.1, 0.15) is 15.9 Å². The lowest BCUT2D eigenvalue weighted by Gasteiger charge is -2.26. The van der Waals surface area contributed by atoms with Crippen molar-refractivity contribution in [3.63, 3.8) is 0 Å². The minimum atomic E-state index is -0.700. The summed E-state index contributed by atoms with van der Waals surface area (Å²) in [6, 6.07) is 9.03. The van der Waals surface area contributed by atoms with Crippen molar-refractivity contribution in [3.8, 4) is 10.6 Å². The lowest BCUT2D eigenvalue weighted by molar-refractivity contribution is -0.126. The maximum Gasteiger partial charge on any atom is 0.266 e. The van der Waals surface area contributed by atoms with Crippen molar-refractivity contribution < 1.29 is 14.4 Å². The van der Waals surface area contributed by atoms with Crippen molar-refractivity contribution in [1.29, 1.82) is 0 Å². The zero-order chi connectivity index (χ0) is 17.6. The lowest BCUT2D eigenvalue weighted by atomic mass is 10.2. The van der Waals surface area contributed by atoms with Gasteiger partial charge in [0, 0.05) is 11.6 Å². The maximum atomic E-state index is 13.1. The van der Waals surface area contributed by atoms with Crippen LogP contribution in [0.5, 0.6) is 0 Å². The first-order valence-electron chi connectivity index (χ1n) is 8.24. The van der Waals surface area contributed by atoms with Crippen LogP contribution in [0.15, 0.2) is 30.3 Å². The summed E-state index contributed by atoms with van der Waals surface area (Å²) in [5.74, 6) is -0.898. The maximum absolute atomic E-state index is 13.1. The fraction of sp³-hybridized carbons (Fsp3) is 0.333. The number of thiazole rings is 1. The van der Waals surface area contributed by atoms with Crippen molar-refractivity contribution in [2.45, 2.75) is 38.3 Å². The molecular weight excluding hydrogens is 338 g/mol. The Morgan fingerprint density at radius 1 is 1.24 bits per heavy atom. The molecular formula is C18H17N3O3S. The van der Waals surface area contributed by atoms with Crippen LogP contribution in [0.25, 0.3) is 10.6 Å². The number of aryl methyl sites for hydroxylation is 1. The Morgan fingerprint density at radius 2 is 1.96 bits per heavy atom. The van der Waals surface area contributed by atoms with E-state index in [2.05, 4.69) is 10.3 Å². The number of carbonyl (C=O) groups excluding carboxylic acids is 3. The Hall–Kier alpha value is -2.54. The van der Waals surface area contributed by atoms with Gasteiger partial charge in [0.05, 0.1) is 12.1 Å². The second-order valence-corrected chi connectivity index (χ2v) is 7.37. The largest absolute Gasteiger partial charge is 0.322 e. The average molecular weight is 355 g/mol. The van der Waals surface area contributed by atoms with Crippen LogP contribution >= 0.6 is 11.3 Å². The fourth-order valence-corrected chi connectivity index (χ4v) is 4.11. The van der Waals surface area contributed by atoms with Crippen LogP contribution in [-0.2, 0) is 9.59 Å². The molecule has 2 aliphatic rings. The van der Waals surface area contributed by atoms with Gasteiger partial charge < -0.3 is 4.90 Å². The van der Waals surface area contributed by atoms with E-state index in [-0.39, 0.29) is 30.2 Å². The van der Waals surface area contributed by atoms with Crippen molar-refractivity contribution in [2.75, 3.05) is 0 Å². The van der Waals surface area contributed by atoms with Crippen molar-refractivity contribution in [1.82, 2.24) is 15.2 Å². The van der Waals surface area contributed by atoms with Gasteiger partial charge in [-0.1, -0.05) is 30.3 Å². The van der Waals surface area contributed by atoms with E-state index < -0.39 is 6.04 Å². The molecule has 1 aromatic heterocycles. The first kappa shape index (κ1) is 16.0.